The van der Waals surface area contributed by atoms with Crippen LogP contribution in [-0.4, -0.2) is 35.0 Å². The number of rotatable bonds is 5. The Labute approximate surface area is 209 Å². The van der Waals surface area contributed by atoms with E-state index < -0.39 is 27.7 Å². The quantitative estimate of drug-likeness (QED) is 0.388. The molecule has 1 aliphatic rings. The van der Waals surface area contributed by atoms with Crippen molar-refractivity contribution in [3.05, 3.63) is 88.7 Å². The maximum absolute atomic E-state index is 13.9. The minimum absolute atomic E-state index is 0.00517. The number of carbonyl (C=O) groups is 1. The van der Waals surface area contributed by atoms with Crippen molar-refractivity contribution in [3.8, 4) is 5.75 Å². The van der Waals surface area contributed by atoms with Gasteiger partial charge in [0.1, 0.15) is 0 Å². The van der Waals surface area contributed by atoms with Gasteiger partial charge in [0.15, 0.2) is 11.4 Å². The van der Waals surface area contributed by atoms with Gasteiger partial charge in [0.2, 0.25) is 0 Å². The van der Waals surface area contributed by atoms with E-state index >= 15 is 0 Å². The first-order valence-electron chi connectivity index (χ1n) is 11.1. The van der Waals surface area contributed by atoms with Crippen LogP contribution in [-0.2, 0) is 22.6 Å². The van der Waals surface area contributed by atoms with Gasteiger partial charge in [0.25, 0.3) is 10.0 Å². The van der Waals surface area contributed by atoms with Gasteiger partial charge in [-0.15, -0.1) is 0 Å². The van der Waals surface area contributed by atoms with Crippen molar-refractivity contribution in [2.45, 2.75) is 30.3 Å². The monoisotopic (exact) mass is 531 g/mol. The smallest absolute Gasteiger partial charge is 0.417 e. The van der Waals surface area contributed by atoms with Gasteiger partial charge in [-0.2, -0.15) is 18.7 Å². The third-order valence-electron chi connectivity index (χ3n) is 6.21. The number of nitrogens with zero attached hydrogens (tertiary/aromatic N) is 2. The molecular weight excluding hydrogens is 511 g/mol. The molecule has 0 fully saturated rings. The van der Waals surface area contributed by atoms with Gasteiger partial charge < -0.3 is 9.94 Å². The Hall–Kier alpha value is -3.90. The van der Waals surface area contributed by atoms with Crippen LogP contribution in [0.15, 0.2) is 65.7 Å². The zero-order valence-corrected chi connectivity index (χ0v) is 20.1. The zero-order valence-electron chi connectivity index (χ0n) is 19.3. The van der Waals surface area contributed by atoms with Crippen molar-refractivity contribution in [3.63, 3.8) is 0 Å². The lowest BCUT2D eigenvalue weighted by atomic mass is 10.00. The second-order valence-electron chi connectivity index (χ2n) is 8.77. The largest absolute Gasteiger partial charge is 0.478 e. The number of carboxylic acids is 1. The van der Waals surface area contributed by atoms with Crippen molar-refractivity contribution in [2.75, 3.05) is 6.54 Å². The van der Waals surface area contributed by atoms with Crippen LogP contribution in [0.2, 0.25) is 0 Å². The molecule has 0 radical (unpaired) electrons. The van der Waals surface area contributed by atoms with Crippen LogP contribution in [0.1, 0.15) is 45.6 Å². The Kier molecular flexibility index (Phi) is 5.95. The lowest BCUT2D eigenvalue weighted by Crippen LogP contribution is -2.29. The normalized spacial score (nSPS) is 15.8. The molecule has 0 spiro atoms. The van der Waals surface area contributed by atoms with Crippen LogP contribution in [0.25, 0.3) is 11.0 Å². The highest BCUT2D eigenvalue weighted by Crippen LogP contribution is 2.35. The van der Waals surface area contributed by atoms with Crippen LogP contribution in [0.5, 0.6) is 5.75 Å². The molecule has 5 rings (SSSR count). The van der Waals surface area contributed by atoms with E-state index in [1.165, 1.54) is 48.5 Å². The number of hydrogen-bond acceptors (Lipinski definition) is 6. The van der Waals surface area contributed by atoms with Gasteiger partial charge in [-0.25, -0.2) is 22.2 Å². The SMILES string of the molecule is CC1CNOc2ccc(S(=O)(=O)n3c(Cc4ccc(C(=O)O)cc4)cc4cc(C(F)(F)F)cnc43)cc21. The number of carboxylic acid groups (broad SMARTS) is 1. The molecule has 0 aliphatic carbocycles. The third kappa shape index (κ3) is 4.53. The Morgan fingerprint density at radius 3 is 2.57 bits per heavy atom. The summed E-state index contributed by atoms with van der Waals surface area (Å²) in [6.45, 7) is 2.38. The summed E-state index contributed by atoms with van der Waals surface area (Å²) in [5.74, 6) is -0.672. The minimum Gasteiger partial charge on any atom is -0.478 e. The molecule has 1 aliphatic heterocycles. The number of fused-ring (bicyclic) bond motifs is 2. The van der Waals surface area contributed by atoms with Crippen molar-refractivity contribution >= 4 is 27.0 Å². The molecule has 0 saturated carbocycles. The van der Waals surface area contributed by atoms with Crippen LogP contribution in [0.3, 0.4) is 0 Å². The number of benzene rings is 2. The average Bonchev–Trinajstić information content (AvgIpc) is 3.21. The topological polar surface area (TPSA) is 111 Å². The second-order valence-corrected chi connectivity index (χ2v) is 10.6. The molecule has 0 saturated heterocycles. The van der Waals surface area contributed by atoms with Gasteiger partial charge in [0, 0.05) is 41.7 Å². The van der Waals surface area contributed by atoms with Gasteiger partial charge >= 0.3 is 12.1 Å². The maximum atomic E-state index is 13.9. The Morgan fingerprint density at radius 1 is 1.16 bits per heavy atom. The van der Waals surface area contributed by atoms with E-state index in [1.807, 2.05) is 6.92 Å². The predicted octanol–water partition coefficient (Wildman–Crippen LogP) is 4.58. The first-order valence-corrected chi connectivity index (χ1v) is 12.6. The zero-order chi connectivity index (χ0) is 26.5. The number of aromatic nitrogens is 2. The molecule has 37 heavy (non-hydrogen) atoms. The third-order valence-corrected chi connectivity index (χ3v) is 7.94. The number of nitrogens with one attached hydrogen (secondary N) is 1. The molecule has 1 atom stereocenters. The molecule has 2 aromatic heterocycles. The molecule has 3 heterocycles. The molecule has 1 unspecified atom stereocenters. The van der Waals surface area contributed by atoms with E-state index in [9.17, 15) is 26.4 Å². The van der Waals surface area contributed by atoms with E-state index in [0.29, 0.717) is 29.6 Å². The van der Waals surface area contributed by atoms with Crippen LogP contribution < -0.4 is 10.3 Å². The van der Waals surface area contributed by atoms with Crippen molar-refractivity contribution in [2.24, 2.45) is 0 Å². The van der Waals surface area contributed by atoms with E-state index in [4.69, 9.17) is 9.94 Å². The van der Waals surface area contributed by atoms with E-state index in [1.54, 1.807) is 0 Å². The maximum Gasteiger partial charge on any atom is 0.417 e. The highest BCUT2D eigenvalue weighted by molar-refractivity contribution is 7.90. The summed E-state index contributed by atoms with van der Waals surface area (Å²) in [7, 11) is -4.30. The molecule has 192 valence electrons. The standard InChI is InChI=1S/C25H20F3N3O5S/c1-14-12-30-36-22-7-6-20(11-21(14)22)37(34,35)31-19(8-15-2-4-16(5-3-15)24(32)33)10-17-9-18(25(26,27)28)13-29-23(17)31/h2-7,9-11,13-14,30H,8,12H2,1H3,(H,32,33). The first-order chi connectivity index (χ1) is 17.4. The highest BCUT2D eigenvalue weighted by atomic mass is 32.2. The summed E-state index contributed by atoms with van der Waals surface area (Å²) < 4.78 is 68.8. The van der Waals surface area contributed by atoms with Crippen molar-refractivity contribution < 1.29 is 36.3 Å². The van der Waals surface area contributed by atoms with Crippen molar-refractivity contribution in [1.82, 2.24) is 14.4 Å². The first kappa shape index (κ1) is 24.8. The molecule has 8 nitrogen and oxygen atoms in total. The van der Waals surface area contributed by atoms with Gasteiger partial charge in [-0.1, -0.05) is 19.1 Å². The molecule has 12 heteroatoms. The van der Waals surface area contributed by atoms with Crippen LogP contribution in [0.4, 0.5) is 13.2 Å². The molecule has 0 amide bonds. The Bertz CT molecular complexity index is 1630. The van der Waals surface area contributed by atoms with E-state index in [0.717, 1.165) is 10.0 Å². The number of hydroxylamine groups is 1. The number of pyridine rings is 1. The van der Waals surface area contributed by atoms with Crippen LogP contribution >= 0.6 is 0 Å². The summed E-state index contributed by atoms with van der Waals surface area (Å²) in [4.78, 5) is 20.4. The molecule has 2 aromatic carbocycles. The Morgan fingerprint density at radius 2 is 1.89 bits per heavy atom. The molecule has 4 aromatic rings. The fourth-order valence-corrected chi connectivity index (χ4v) is 5.80. The van der Waals surface area contributed by atoms with Crippen molar-refractivity contribution in [1.29, 1.82) is 0 Å². The summed E-state index contributed by atoms with van der Waals surface area (Å²) in [5.41, 5.74) is 3.09. The minimum atomic E-state index is -4.66. The lowest BCUT2D eigenvalue weighted by Gasteiger charge is -2.24. The number of hydrogen-bond donors (Lipinski definition) is 2. The average molecular weight is 532 g/mol. The predicted molar refractivity (Wildman–Crippen MR) is 127 cm³/mol. The van der Waals surface area contributed by atoms with Gasteiger partial charge in [-0.3, -0.25) is 0 Å². The molecular formula is C25H20F3N3O5S. The van der Waals surface area contributed by atoms with E-state index in [2.05, 4.69) is 10.5 Å². The van der Waals surface area contributed by atoms with Gasteiger partial charge in [0.05, 0.1) is 16.0 Å². The number of halogens is 3. The van der Waals surface area contributed by atoms with Crippen LogP contribution in [0, 0.1) is 0 Å². The second kappa shape index (κ2) is 8.89. The number of alkyl halides is 3. The van der Waals surface area contributed by atoms with Gasteiger partial charge in [-0.05, 0) is 48.0 Å². The van der Waals surface area contributed by atoms with E-state index in [-0.39, 0.29) is 39.5 Å². The summed E-state index contributed by atoms with van der Waals surface area (Å²) >= 11 is 0. The number of aromatic carboxylic acids is 1. The fourth-order valence-electron chi connectivity index (χ4n) is 4.27. The summed E-state index contributed by atoms with van der Waals surface area (Å²) in [6, 6.07) is 12.4. The summed E-state index contributed by atoms with van der Waals surface area (Å²) in [5, 5.41) is 9.14. The highest BCUT2D eigenvalue weighted by Gasteiger charge is 2.33. The lowest BCUT2D eigenvalue weighted by molar-refractivity contribution is -0.137. The molecule has 0 bridgehead atoms. The molecule has 2 N–H and O–H groups in total. The Balaban J connectivity index is 1.67. The summed E-state index contributed by atoms with van der Waals surface area (Å²) in [6.07, 6.45) is -4.04. The fraction of sp³-hybridized carbons (Fsp3) is 0.200.